The number of rotatable bonds is 10. The van der Waals surface area contributed by atoms with Crippen LogP contribution >= 0.6 is 23.1 Å². The van der Waals surface area contributed by atoms with E-state index in [1.54, 1.807) is 24.3 Å². The smallest absolute Gasteiger partial charge is 0.303 e. The maximum absolute atomic E-state index is 12.3. The van der Waals surface area contributed by atoms with Gasteiger partial charge in [-0.05, 0) is 49.4 Å². The third-order valence-corrected chi connectivity index (χ3v) is 5.94. The van der Waals surface area contributed by atoms with Crippen LogP contribution < -0.4 is 15.4 Å². The fourth-order valence-corrected chi connectivity index (χ4v) is 4.21. The number of aliphatic carboxylic acids is 1. The minimum atomic E-state index is -1.01. The number of carbonyl (C=O) groups is 3. The van der Waals surface area contributed by atoms with Crippen molar-refractivity contribution >= 4 is 61.9 Å². The Balaban J connectivity index is 1.48. The summed E-state index contributed by atoms with van der Waals surface area (Å²) in [5, 5.41) is 14.6. The molecule has 1 heterocycles. The number of ether oxygens (including phenoxy) is 1. The Morgan fingerprint density at radius 2 is 1.84 bits per heavy atom. The lowest BCUT2D eigenvalue weighted by Crippen LogP contribution is -2.14. The molecule has 10 heteroatoms. The van der Waals surface area contributed by atoms with Gasteiger partial charge in [-0.15, -0.1) is 11.8 Å². The number of carboxylic acid groups (broad SMARTS) is 1. The molecule has 0 unspecified atom stereocenters. The predicted molar refractivity (Wildman–Crippen MR) is 122 cm³/mol. The number of carboxylic acids is 1. The van der Waals surface area contributed by atoms with Crippen molar-refractivity contribution in [3.05, 3.63) is 42.5 Å². The molecule has 0 radical (unpaired) electrons. The van der Waals surface area contributed by atoms with Gasteiger partial charge in [-0.3, -0.25) is 14.4 Å². The Morgan fingerprint density at radius 1 is 1.06 bits per heavy atom. The van der Waals surface area contributed by atoms with Crippen molar-refractivity contribution in [3.8, 4) is 5.75 Å². The lowest BCUT2D eigenvalue weighted by Gasteiger charge is -2.06. The van der Waals surface area contributed by atoms with Crippen LogP contribution in [0.2, 0.25) is 0 Å². The van der Waals surface area contributed by atoms with Crippen LogP contribution in [0.1, 0.15) is 19.8 Å². The van der Waals surface area contributed by atoms with E-state index in [9.17, 15) is 14.4 Å². The Bertz CT molecular complexity index is 1080. The van der Waals surface area contributed by atoms with Crippen molar-refractivity contribution in [1.82, 2.24) is 4.98 Å². The molecule has 2 amide bonds. The number of hydrogen-bond acceptors (Lipinski definition) is 7. The van der Waals surface area contributed by atoms with Gasteiger partial charge in [0.15, 0.2) is 5.13 Å². The normalized spacial score (nSPS) is 10.6. The van der Waals surface area contributed by atoms with Gasteiger partial charge in [-0.1, -0.05) is 11.3 Å². The fourth-order valence-electron chi connectivity index (χ4n) is 2.60. The first kappa shape index (κ1) is 22.6. The number of amides is 2. The molecular weight excluding hydrogens is 438 g/mol. The maximum Gasteiger partial charge on any atom is 0.303 e. The van der Waals surface area contributed by atoms with E-state index < -0.39 is 5.97 Å². The van der Waals surface area contributed by atoms with Crippen LogP contribution in [-0.2, 0) is 14.4 Å². The largest absolute Gasteiger partial charge is 0.494 e. The highest BCUT2D eigenvalue weighted by Crippen LogP contribution is 2.29. The van der Waals surface area contributed by atoms with Crippen LogP contribution in [0.25, 0.3) is 10.2 Å². The van der Waals surface area contributed by atoms with Crippen LogP contribution in [0.3, 0.4) is 0 Å². The summed E-state index contributed by atoms with van der Waals surface area (Å²) >= 11 is 2.75. The van der Waals surface area contributed by atoms with Crippen LogP contribution in [-0.4, -0.2) is 40.2 Å². The standard InChI is InChI=1S/C21H21N3O5S2/c1-2-29-14-5-8-16-17(11-14)31-21(23-16)24-19(26)12-30-15-6-3-13(4-7-15)22-18(25)9-10-20(27)28/h3-8,11H,2,9-10,12H2,1H3,(H,22,25)(H,27,28)(H,23,24,26). The number of anilines is 2. The van der Waals surface area contributed by atoms with E-state index in [1.807, 2.05) is 25.1 Å². The maximum atomic E-state index is 12.3. The van der Waals surface area contributed by atoms with E-state index in [1.165, 1.54) is 23.1 Å². The second kappa shape index (κ2) is 10.8. The topological polar surface area (TPSA) is 118 Å². The summed E-state index contributed by atoms with van der Waals surface area (Å²) in [6, 6.07) is 12.6. The average Bonchev–Trinajstić information content (AvgIpc) is 3.13. The van der Waals surface area contributed by atoms with E-state index in [-0.39, 0.29) is 30.4 Å². The summed E-state index contributed by atoms with van der Waals surface area (Å²) in [6.07, 6.45) is -0.290. The summed E-state index contributed by atoms with van der Waals surface area (Å²) in [4.78, 5) is 39.7. The molecule has 0 bridgehead atoms. The first-order chi connectivity index (χ1) is 14.9. The fraction of sp³-hybridized carbons (Fsp3) is 0.238. The molecular formula is C21H21N3O5S2. The molecule has 0 fully saturated rings. The Labute approximate surface area is 187 Å². The molecule has 1 aromatic heterocycles. The number of nitrogens with one attached hydrogen (secondary N) is 2. The monoisotopic (exact) mass is 459 g/mol. The van der Waals surface area contributed by atoms with Gasteiger partial charge < -0.3 is 20.5 Å². The molecule has 0 aliphatic heterocycles. The predicted octanol–water partition coefficient (Wildman–Crippen LogP) is 4.23. The van der Waals surface area contributed by atoms with Gasteiger partial charge >= 0.3 is 5.97 Å². The quantitative estimate of drug-likeness (QED) is 0.388. The molecule has 0 aliphatic rings. The van der Waals surface area contributed by atoms with Gasteiger partial charge in [0.2, 0.25) is 11.8 Å². The van der Waals surface area contributed by atoms with Crippen LogP contribution in [0.4, 0.5) is 10.8 Å². The summed E-state index contributed by atoms with van der Waals surface area (Å²) < 4.78 is 6.42. The zero-order valence-corrected chi connectivity index (χ0v) is 18.3. The van der Waals surface area contributed by atoms with Gasteiger partial charge in [0, 0.05) is 17.0 Å². The van der Waals surface area contributed by atoms with Crippen molar-refractivity contribution in [2.24, 2.45) is 0 Å². The highest BCUT2D eigenvalue weighted by atomic mass is 32.2. The first-order valence-corrected chi connectivity index (χ1v) is 11.3. The van der Waals surface area contributed by atoms with Gasteiger partial charge in [0.05, 0.1) is 29.0 Å². The zero-order chi connectivity index (χ0) is 22.2. The molecule has 3 N–H and O–H groups in total. The number of nitrogens with zero attached hydrogens (tertiary/aromatic N) is 1. The second-order valence-electron chi connectivity index (χ2n) is 6.38. The molecule has 0 atom stereocenters. The Hall–Kier alpha value is -3.11. The van der Waals surface area contributed by atoms with Gasteiger partial charge in [-0.2, -0.15) is 0 Å². The minimum absolute atomic E-state index is 0.0787. The Kier molecular flexibility index (Phi) is 7.85. The van der Waals surface area contributed by atoms with Gasteiger partial charge in [0.25, 0.3) is 0 Å². The van der Waals surface area contributed by atoms with Crippen molar-refractivity contribution in [3.63, 3.8) is 0 Å². The van der Waals surface area contributed by atoms with Gasteiger partial charge in [-0.25, -0.2) is 4.98 Å². The number of fused-ring (bicyclic) bond motifs is 1. The van der Waals surface area contributed by atoms with E-state index in [0.717, 1.165) is 20.9 Å². The van der Waals surface area contributed by atoms with Crippen molar-refractivity contribution < 1.29 is 24.2 Å². The minimum Gasteiger partial charge on any atom is -0.494 e. The van der Waals surface area contributed by atoms with Crippen LogP contribution in [0.5, 0.6) is 5.75 Å². The number of hydrogen-bond donors (Lipinski definition) is 3. The van der Waals surface area contributed by atoms with Crippen molar-refractivity contribution in [2.75, 3.05) is 23.0 Å². The first-order valence-electron chi connectivity index (χ1n) is 9.50. The van der Waals surface area contributed by atoms with Crippen LogP contribution in [0.15, 0.2) is 47.4 Å². The molecule has 162 valence electrons. The molecule has 0 saturated heterocycles. The summed E-state index contributed by atoms with van der Waals surface area (Å²) in [6.45, 7) is 2.51. The molecule has 8 nitrogen and oxygen atoms in total. The molecule has 0 aliphatic carbocycles. The van der Waals surface area contributed by atoms with Crippen molar-refractivity contribution in [2.45, 2.75) is 24.7 Å². The highest BCUT2D eigenvalue weighted by Gasteiger charge is 2.10. The van der Waals surface area contributed by atoms with E-state index in [4.69, 9.17) is 9.84 Å². The molecule has 2 aromatic carbocycles. The molecule has 3 rings (SSSR count). The lowest BCUT2D eigenvalue weighted by atomic mass is 10.2. The number of carbonyl (C=O) groups excluding carboxylic acids is 2. The average molecular weight is 460 g/mol. The molecule has 3 aromatic rings. The molecule has 0 spiro atoms. The van der Waals surface area contributed by atoms with E-state index >= 15 is 0 Å². The van der Waals surface area contributed by atoms with Gasteiger partial charge in [0.1, 0.15) is 5.75 Å². The lowest BCUT2D eigenvalue weighted by molar-refractivity contribution is -0.138. The van der Waals surface area contributed by atoms with E-state index in [0.29, 0.717) is 17.4 Å². The molecule has 0 saturated carbocycles. The van der Waals surface area contributed by atoms with Crippen molar-refractivity contribution in [1.29, 1.82) is 0 Å². The number of aromatic nitrogens is 1. The number of thioether (sulfide) groups is 1. The summed E-state index contributed by atoms with van der Waals surface area (Å²) in [7, 11) is 0. The SMILES string of the molecule is CCOc1ccc2nc(NC(=O)CSc3ccc(NC(=O)CCC(=O)O)cc3)sc2c1. The molecule has 31 heavy (non-hydrogen) atoms. The highest BCUT2D eigenvalue weighted by molar-refractivity contribution is 8.00. The Morgan fingerprint density at radius 3 is 2.55 bits per heavy atom. The third kappa shape index (κ3) is 6.97. The van der Waals surface area contributed by atoms with Crippen LogP contribution in [0, 0.1) is 0 Å². The second-order valence-corrected chi connectivity index (χ2v) is 8.46. The number of benzene rings is 2. The number of thiazole rings is 1. The summed E-state index contributed by atoms with van der Waals surface area (Å²) in [5.41, 5.74) is 1.38. The third-order valence-electron chi connectivity index (χ3n) is 3.99. The summed E-state index contributed by atoms with van der Waals surface area (Å²) in [5.74, 6) is -0.550. The zero-order valence-electron chi connectivity index (χ0n) is 16.7. The van der Waals surface area contributed by atoms with E-state index in [2.05, 4.69) is 15.6 Å².